The summed E-state index contributed by atoms with van der Waals surface area (Å²) in [5.74, 6) is 2.09. The van der Waals surface area contributed by atoms with Crippen LogP contribution in [0, 0.1) is 0 Å². The molecular formula is C27H33NO7. The molecule has 0 spiro atoms. The molecule has 2 atom stereocenters. The summed E-state index contributed by atoms with van der Waals surface area (Å²) in [6.45, 7) is 5.54. The first-order valence-corrected chi connectivity index (χ1v) is 11.8. The summed E-state index contributed by atoms with van der Waals surface area (Å²) in [5.41, 5.74) is 2.66. The SMILES string of the molecule is CCOc1c(OC)cc(C2=CCC(C(=O)C(OC)c3ccc(N4CCOCC4)cc3)O2)cc1OC. The summed E-state index contributed by atoms with van der Waals surface area (Å²) < 4.78 is 33.8. The Bertz CT molecular complexity index is 1020. The molecule has 0 bridgehead atoms. The highest BCUT2D eigenvalue weighted by Crippen LogP contribution is 2.42. The van der Waals surface area contributed by atoms with Gasteiger partial charge in [-0.15, -0.1) is 0 Å². The van der Waals surface area contributed by atoms with Crippen molar-refractivity contribution >= 4 is 17.2 Å². The van der Waals surface area contributed by atoms with Crippen molar-refractivity contribution in [1.82, 2.24) is 0 Å². The Kier molecular flexibility index (Phi) is 8.15. The van der Waals surface area contributed by atoms with Gasteiger partial charge in [-0.1, -0.05) is 12.1 Å². The second-order valence-corrected chi connectivity index (χ2v) is 8.26. The van der Waals surface area contributed by atoms with E-state index in [4.69, 9.17) is 28.4 Å². The van der Waals surface area contributed by atoms with Gasteiger partial charge in [0.1, 0.15) is 11.9 Å². The normalized spacial score (nSPS) is 18.5. The van der Waals surface area contributed by atoms with Crippen LogP contribution in [0.2, 0.25) is 0 Å². The number of benzene rings is 2. The largest absolute Gasteiger partial charge is 0.493 e. The zero-order chi connectivity index (χ0) is 24.8. The lowest BCUT2D eigenvalue weighted by molar-refractivity contribution is -0.136. The number of morpholine rings is 1. The van der Waals surface area contributed by atoms with E-state index >= 15 is 0 Å². The van der Waals surface area contributed by atoms with Crippen LogP contribution in [-0.2, 0) is 19.0 Å². The van der Waals surface area contributed by atoms with Gasteiger partial charge in [0.2, 0.25) is 11.5 Å². The molecule has 8 nitrogen and oxygen atoms in total. The molecule has 0 amide bonds. The second-order valence-electron chi connectivity index (χ2n) is 8.26. The Labute approximate surface area is 206 Å². The standard InChI is InChI=1S/C27H33NO7/c1-5-34-27-23(30-2)16-19(17-24(27)31-3)21-10-11-22(35-21)25(29)26(32-4)18-6-8-20(9-7-18)28-12-14-33-15-13-28/h6-10,16-17,22,26H,5,11-15H2,1-4H3. The van der Waals surface area contributed by atoms with Crippen LogP contribution in [0.1, 0.15) is 30.6 Å². The van der Waals surface area contributed by atoms with Gasteiger partial charge in [0.15, 0.2) is 17.6 Å². The molecular weight excluding hydrogens is 450 g/mol. The first-order valence-electron chi connectivity index (χ1n) is 11.8. The Morgan fingerprint density at radius 1 is 1.06 bits per heavy atom. The summed E-state index contributed by atoms with van der Waals surface area (Å²) >= 11 is 0. The number of hydrogen-bond acceptors (Lipinski definition) is 8. The van der Waals surface area contributed by atoms with Gasteiger partial charge in [0.25, 0.3) is 0 Å². The molecule has 2 unspecified atom stereocenters. The summed E-state index contributed by atoms with van der Waals surface area (Å²) in [7, 11) is 4.69. The average molecular weight is 484 g/mol. The number of ketones is 1. The first-order chi connectivity index (χ1) is 17.1. The van der Waals surface area contributed by atoms with E-state index < -0.39 is 12.2 Å². The van der Waals surface area contributed by atoms with Crippen molar-refractivity contribution in [3.05, 3.63) is 53.6 Å². The quantitative estimate of drug-likeness (QED) is 0.502. The number of methoxy groups -OCH3 is 3. The predicted molar refractivity (Wildman–Crippen MR) is 132 cm³/mol. The van der Waals surface area contributed by atoms with Gasteiger partial charge in [0.05, 0.1) is 34.0 Å². The molecule has 35 heavy (non-hydrogen) atoms. The van der Waals surface area contributed by atoms with Crippen LogP contribution in [0.4, 0.5) is 5.69 Å². The summed E-state index contributed by atoms with van der Waals surface area (Å²) in [6.07, 6.45) is 1.01. The number of ether oxygens (including phenoxy) is 6. The lowest BCUT2D eigenvalue weighted by Crippen LogP contribution is -2.36. The lowest BCUT2D eigenvalue weighted by Gasteiger charge is -2.29. The minimum Gasteiger partial charge on any atom is -0.493 e. The summed E-state index contributed by atoms with van der Waals surface area (Å²) in [4.78, 5) is 15.6. The van der Waals surface area contributed by atoms with Crippen LogP contribution in [0.25, 0.3) is 5.76 Å². The highest BCUT2D eigenvalue weighted by Gasteiger charge is 2.33. The van der Waals surface area contributed by atoms with E-state index in [2.05, 4.69) is 4.90 Å². The maximum Gasteiger partial charge on any atom is 0.206 e. The zero-order valence-corrected chi connectivity index (χ0v) is 20.7. The smallest absolute Gasteiger partial charge is 0.206 e. The summed E-state index contributed by atoms with van der Waals surface area (Å²) in [5, 5.41) is 0. The average Bonchev–Trinajstić information content (AvgIpc) is 3.40. The third kappa shape index (κ3) is 5.39. The fourth-order valence-corrected chi connectivity index (χ4v) is 4.40. The second kappa shape index (κ2) is 11.5. The number of anilines is 1. The molecule has 2 aliphatic rings. The molecule has 8 heteroatoms. The minimum atomic E-state index is -0.712. The van der Waals surface area contributed by atoms with E-state index in [9.17, 15) is 4.79 Å². The van der Waals surface area contributed by atoms with Crippen molar-refractivity contribution in [2.45, 2.75) is 25.6 Å². The van der Waals surface area contributed by atoms with Gasteiger partial charge in [-0.25, -0.2) is 0 Å². The zero-order valence-electron chi connectivity index (χ0n) is 20.7. The fourth-order valence-electron chi connectivity index (χ4n) is 4.40. The minimum absolute atomic E-state index is 0.122. The topological polar surface area (TPSA) is 75.7 Å². The molecule has 2 heterocycles. The Balaban J connectivity index is 1.47. The van der Waals surface area contributed by atoms with Crippen LogP contribution < -0.4 is 19.1 Å². The maximum absolute atomic E-state index is 13.3. The molecule has 1 fully saturated rings. The van der Waals surface area contributed by atoms with Gasteiger partial charge < -0.3 is 33.3 Å². The number of carbonyl (C=O) groups is 1. The molecule has 1 saturated heterocycles. The molecule has 0 radical (unpaired) electrons. The van der Waals surface area contributed by atoms with E-state index in [1.165, 1.54) is 0 Å². The Morgan fingerprint density at radius 3 is 2.29 bits per heavy atom. The molecule has 0 saturated carbocycles. The van der Waals surface area contributed by atoms with Crippen LogP contribution in [0.3, 0.4) is 0 Å². The van der Waals surface area contributed by atoms with Crippen LogP contribution >= 0.6 is 0 Å². The van der Waals surface area contributed by atoms with Gasteiger partial charge in [-0.05, 0) is 42.8 Å². The van der Waals surface area contributed by atoms with E-state index in [-0.39, 0.29) is 5.78 Å². The molecule has 4 rings (SSSR count). The van der Waals surface area contributed by atoms with Crippen LogP contribution in [0.5, 0.6) is 17.2 Å². The van der Waals surface area contributed by atoms with E-state index in [0.29, 0.717) is 36.0 Å². The molecule has 0 N–H and O–H groups in total. The number of carbonyl (C=O) groups excluding carboxylic acids is 1. The Morgan fingerprint density at radius 2 is 1.71 bits per heavy atom. The van der Waals surface area contributed by atoms with Gasteiger partial charge in [-0.2, -0.15) is 0 Å². The Hall–Kier alpha value is -3.23. The van der Waals surface area contributed by atoms with E-state index in [1.807, 2.05) is 49.4 Å². The van der Waals surface area contributed by atoms with Crippen molar-refractivity contribution in [2.24, 2.45) is 0 Å². The fraction of sp³-hybridized carbons (Fsp3) is 0.444. The monoisotopic (exact) mass is 483 g/mol. The van der Waals surface area contributed by atoms with Gasteiger partial charge in [0, 0.05) is 37.9 Å². The van der Waals surface area contributed by atoms with Crippen molar-refractivity contribution in [2.75, 3.05) is 59.1 Å². The molecule has 0 aliphatic carbocycles. The molecule has 2 aromatic carbocycles. The van der Waals surface area contributed by atoms with Crippen molar-refractivity contribution in [1.29, 1.82) is 0 Å². The van der Waals surface area contributed by atoms with Gasteiger partial charge in [-0.3, -0.25) is 4.79 Å². The number of rotatable bonds is 10. The first kappa shape index (κ1) is 24.9. The molecule has 188 valence electrons. The van der Waals surface area contributed by atoms with Crippen LogP contribution in [-0.4, -0.2) is 66.1 Å². The highest BCUT2D eigenvalue weighted by atomic mass is 16.5. The third-order valence-corrected chi connectivity index (χ3v) is 6.20. The number of hydrogen-bond donors (Lipinski definition) is 0. The maximum atomic E-state index is 13.3. The highest BCUT2D eigenvalue weighted by molar-refractivity contribution is 5.90. The van der Waals surface area contributed by atoms with Crippen molar-refractivity contribution < 1.29 is 33.2 Å². The van der Waals surface area contributed by atoms with Crippen LogP contribution in [0.15, 0.2) is 42.5 Å². The molecule has 2 aliphatic heterocycles. The van der Waals surface area contributed by atoms with Crippen molar-refractivity contribution in [3.8, 4) is 17.2 Å². The third-order valence-electron chi connectivity index (χ3n) is 6.20. The van der Waals surface area contributed by atoms with Crippen molar-refractivity contribution in [3.63, 3.8) is 0 Å². The lowest BCUT2D eigenvalue weighted by atomic mass is 10.00. The van der Waals surface area contributed by atoms with Gasteiger partial charge >= 0.3 is 0 Å². The number of Topliss-reactive ketones (excluding diaryl/α,β-unsaturated/α-hetero) is 1. The summed E-state index contributed by atoms with van der Waals surface area (Å²) in [6, 6.07) is 11.6. The van der Waals surface area contributed by atoms with E-state index in [0.717, 1.165) is 43.1 Å². The molecule has 2 aromatic rings. The van der Waals surface area contributed by atoms with E-state index in [1.54, 1.807) is 21.3 Å². The number of nitrogens with zero attached hydrogens (tertiary/aromatic N) is 1. The predicted octanol–water partition coefficient (Wildman–Crippen LogP) is 4.03. The molecule has 0 aromatic heterocycles.